The molecule has 1 amide bonds. The summed E-state index contributed by atoms with van der Waals surface area (Å²) in [6, 6.07) is 16.2. The van der Waals surface area contributed by atoms with Crippen LogP contribution in [0.2, 0.25) is 5.02 Å². The van der Waals surface area contributed by atoms with Gasteiger partial charge >= 0.3 is 0 Å². The Morgan fingerprint density at radius 1 is 1.11 bits per heavy atom. The maximum absolute atomic E-state index is 12.5. The molecule has 13 heteroatoms. The van der Waals surface area contributed by atoms with E-state index in [0.717, 1.165) is 0 Å². The van der Waals surface area contributed by atoms with Gasteiger partial charge < -0.3 is 14.5 Å². The molecule has 0 aliphatic rings. The number of anilines is 1. The second-order valence-corrected chi connectivity index (χ2v) is 10.2. The van der Waals surface area contributed by atoms with Gasteiger partial charge in [-0.05, 0) is 60.7 Å². The lowest BCUT2D eigenvalue weighted by Gasteiger charge is -2.10. The van der Waals surface area contributed by atoms with E-state index >= 15 is 0 Å². The number of rotatable bonds is 10. The van der Waals surface area contributed by atoms with Crippen molar-refractivity contribution in [2.24, 2.45) is 5.14 Å². The zero-order valence-electron chi connectivity index (χ0n) is 18.1. The maximum atomic E-state index is 12.5. The Labute approximate surface area is 210 Å². The molecule has 4 aromatic rings. The fourth-order valence-corrected chi connectivity index (χ4v) is 4.38. The summed E-state index contributed by atoms with van der Waals surface area (Å²) in [5.74, 6) is 1.62. The molecule has 182 valence electrons. The number of primary sulfonamides is 1. The average Bonchev–Trinajstić information content (AvgIpc) is 3.47. The quantitative estimate of drug-likeness (QED) is 0.295. The van der Waals surface area contributed by atoms with Crippen LogP contribution in [0.3, 0.4) is 0 Å². The first-order valence-corrected chi connectivity index (χ1v) is 13.1. The molecule has 10 nitrogen and oxygen atoms in total. The van der Waals surface area contributed by atoms with Gasteiger partial charge in [0.05, 0.1) is 23.5 Å². The maximum Gasteiger partial charge on any atom is 0.238 e. The summed E-state index contributed by atoms with van der Waals surface area (Å²) in [6.07, 6.45) is 1.57. The van der Waals surface area contributed by atoms with Crippen molar-refractivity contribution in [1.82, 2.24) is 14.8 Å². The monoisotopic (exact) mass is 533 g/mol. The second kappa shape index (κ2) is 11.0. The van der Waals surface area contributed by atoms with Crippen LogP contribution in [-0.4, -0.2) is 34.8 Å². The number of hydrogen-bond acceptors (Lipinski definition) is 8. The summed E-state index contributed by atoms with van der Waals surface area (Å²) >= 11 is 7.11. The molecule has 4 rings (SSSR count). The summed E-state index contributed by atoms with van der Waals surface area (Å²) in [5, 5.41) is 17.4. The van der Waals surface area contributed by atoms with Gasteiger partial charge in [0.25, 0.3) is 0 Å². The van der Waals surface area contributed by atoms with E-state index in [2.05, 4.69) is 15.5 Å². The van der Waals surface area contributed by atoms with E-state index in [0.29, 0.717) is 39.7 Å². The summed E-state index contributed by atoms with van der Waals surface area (Å²) in [7, 11) is -3.80. The van der Waals surface area contributed by atoms with Crippen molar-refractivity contribution < 1.29 is 22.4 Å². The van der Waals surface area contributed by atoms with Gasteiger partial charge in [-0.3, -0.25) is 9.36 Å². The Bertz CT molecular complexity index is 1390. The molecule has 0 unspecified atom stereocenters. The number of ether oxygens (including phenoxy) is 1. The van der Waals surface area contributed by atoms with Crippen molar-refractivity contribution in [2.75, 3.05) is 11.1 Å². The lowest BCUT2D eigenvalue weighted by Crippen LogP contribution is -2.16. The molecule has 3 N–H and O–H groups in total. The molecule has 0 spiro atoms. The molecule has 0 saturated heterocycles. The van der Waals surface area contributed by atoms with Crippen LogP contribution in [0.25, 0.3) is 0 Å². The van der Waals surface area contributed by atoms with E-state index in [9.17, 15) is 13.2 Å². The number of hydrogen-bond donors (Lipinski definition) is 2. The molecule has 2 aromatic carbocycles. The molecule has 2 heterocycles. The lowest BCUT2D eigenvalue weighted by molar-refractivity contribution is -0.113. The van der Waals surface area contributed by atoms with Crippen LogP contribution in [0, 0.1) is 0 Å². The SMILES string of the molecule is NS(=O)(=O)c1ccc(NC(=O)CSc2nnc(COc3ccc(Cl)cc3)n2Cc2ccco2)cc1. The minimum Gasteiger partial charge on any atom is -0.486 e. The van der Waals surface area contributed by atoms with Crippen molar-refractivity contribution in [3.63, 3.8) is 0 Å². The number of halogens is 1. The largest absolute Gasteiger partial charge is 0.486 e. The number of thioether (sulfide) groups is 1. The van der Waals surface area contributed by atoms with E-state index in [4.69, 9.17) is 25.9 Å². The first-order valence-electron chi connectivity index (χ1n) is 10.2. The van der Waals surface area contributed by atoms with Crippen LogP contribution in [0.4, 0.5) is 5.69 Å². The zero-order chi connectivity index (χ0) is 24.8. The molecule has 0 aliphatic heterocycles. The van der Waals surface area contributed by atoms with Gasteiger partial charge in [0.1, 0.15) is 18.1 Å². The fourth-order valence-electron chi connectivity index (χ4n) is 2.98. The minimum atomic E-state index is -3.80. The van der Waals surface area contributed by atoms with E-state index in [1.54, 1.807) is 36.6 Å². The van der Waals surface area contributed by atoms with Gasteiger partial charge in [-0.1, -0.05) is 23.4 Å². The minimum absolute atomic E-state index is 0.0377. The fraction of sp³-hybridized carbons (Fsp3) is 0.136. The number of amides is 1. The number of carbonyl (C=O) groups excluding carboxylic acids is 1. The molecule has 0 bridgehead atoms. The van der Waals surface area contributed by atoms with Gasteiger partial charge in [-0.2, -0.15) is 0 Å². The Morgan fingerprint density at radius 2 is 1.86 bits per heavy atom. The number of benzene rings is 2. The molecule has 0 aliphatic carbocycles. The van der Waals surface area contributed by atoms with Gasteiger partial charge in [0.15, 0.2) is 11.0 Å². The van der Waals surface area contributed by atoms with Crippen molar-refractivity contribution in [1.29, 1.82) is 0 Å². The predicted octanol–water partition coefficient (Wildman–Crippen LogP) is 3.53. The van der Waals surface area contributed by atoms with Gasteiger partial charge in [0, 0.05) is 10.7 Å². The molecule has 0 saturated carbocycles. The average molecular weight is 534 g/mol. The molecule has 2 aromatic heterocycles. The number of nitrogens with one attached hydrogen (secondary N) is 1. The third kappa shape index (κ3) is 6.85. The number of carbonyl (C=O) groups is 1. The highest BCUT2D eigenvalue weighted by Crippen LogP contribution is 2.22. The highest BCUT2D eigenvalue weighted by molar-refractivity contribution is 7.99. The van der Waals surface area contributed by atoms with Crippen molar-refractivity contribution >= 4 is 45.0 Å². The third-order valence-electron chi connectivity index (χ3n) is 4.67. The number of furan rings is 1. The number of nitrogens with two attached hydrogens (primary N) is 1. The van der Waals surface area contributed by atoms with Crippen molar-refractivity contribution in [3.05, 3.63) is 83.5 Å². The van der Waals surface area contributed by atoms with Crippen LogP contribution in [-0.2, 0) is 28.0 Å². The summed E-state index contributed by atoms with van der Waals surface area (Å²) in [6.45, 7) is 0.511. The molecule has 0 radical (unpaired) electrons. The van der Waals surface area contributed by atoms with E-state index in [1.807, 2.05) is 10.6 Å². The Kier molecular flexibility index (Phi) is 7.76. The molecule has 35 heavy (non-hydrogen) atoms. The van der Waals surface area contributed by atoms with Crippen LogP contribution in [0.15, 0.2) is 81.4 Å². The third-order valence-corrected chi connectivity index (χ3v) is 6.82. The summed E-state index contributed by atoms with van der Waals surface area (Å²) in [5.41, 5.74) is 0.442. The number of aromatic nitrogens is 3. The molecule has 0 fully saturated rings. The smallest absolute Gasteiger partial charge is 0.238 e. The Morgan fingerprint density at radius 3 is 2.51 bits per heavy atom. The van der Waals surface area contributed by atoms with Gasteiger partial charge in [-0.25, -0.2) is 13.6 Å². The number of nitrogens with zero attached hydrogens (tertiary/aromatic N) is 3. The van der Waals surface area contributed by atoms with Crippen LogP contribution < -0.4 is 15.2 Å². The van der Waals surface area contributed by atoms with Crippen LogP contribution in [0.5, 0.6) is 5.75 Å². The predicted molar refractivity (Wildman–Crippen MR) is 131 cm³/mol. The standard InChI is InChI=1S/C22H20ClN5O5S2/c23-15-3-7-17(8-4-15)33-13-20-26-27-22(28(20)12-18-2-1-11-32-18)34-14-21(29)25-16-5-9-19(10-6-16)35(24,30)31/h1-11H,12-14H2,(H,25,29)(H2,24,30,31). The molecule has 0 atom stereocenters. The zero-order valence-corrected chi connectivity index (χ0v) is 20.5. The highest BCUT2D eigenvalue weighted by atomic mass is 35.5. The van der Waals surface area contributed by atoms with Crippen LogP contribution >= 0.6 is 23.4 Å². The molecular weight excluding hydrogens is 514 g/mol. The lowest BCUT2D eigenvalue weighted by atomic mass is 10.3. The topological polar surface area (TPSA) is 142 Å². The summed E-state index contributed by atoms with van der Waals surface area (Å²) < 4.78 is 35.8. The number of sulfonamides is 1. The molecular formula is C22H20ClN5O5S2. The first-order chi connectivity index (χ1) is 16.8. The van der Waals surface area contributed by atoms with Crippen molar-refractivity contribution in [3.8, 4) is 5.75 Å². The van der Waals surface area contributed by atoms with E-state index in [1.165, 1.54) is 36.0 Å². The highest BCUT2D eigenvalue weighted by Gasteiger charge is 2.17. The van der Waals surface area contributed by atoms with E-state index in [-0.39, 0.29) is 23.2 Å². The van der Waals surface area contributed by atoms with Crippen molar-refractivity contribution in [2.45, 2.75) is 23.2 Å². The second-order valence-electron chi connectivity index (χ2n) is 7.21. The van der Waals surface area contributed by atoms with Gasteiger partial charge in [-0.15, -0.1) is 10.2 Å². The Balaban J connectivity index is 1.42. The Hall–Kier alpha value is -3.32. The summed E-state index contributed by atoms with van der Waals surface area (Å²) in [4.78, 5) is 12.4. The first kappa shape index (κ1) is 24.8. The normalized spacial score (nSPS) is 11.4. The van der Waals surface area contributed by atoms with Crippen LogP contribution in [0.1, 0.15) is 11.6 Å². The van der Waals surface area contributed by atoms with Gasteiger partial charge in [0.2, 0.25) is 15.9 Å². The van der Waals surface area contributed by atoms with E-state index < -0.39 is 10.0 Å².